The first-order valence-electron chi connectivity index (χ1n) is 8.51. The molecule has 2 rings (SSSR count). The summed E-state index contributed by atoms with van der Waals surface area (Å²) in [5, 5.41) is 12.0. The summed E-state index contributed by atoms with van der Waals surface area (Å²) in [7, 11) is 1.11. The van der Waals surface area contributed by atoms with E-state index in [1.807, 2.05) is 30.3 Å². The molecule has 0 aliphatic heterocycles. The minimum Gasteiger partial charge on any atom is -0.466 e. The molecule has 0 saturated heterocycles. The van der Waals surface area contributed by atoms with Gasteiger partial charge in [-0.15, -0.1) is 10.2 Å². The normalized spacial score (nSPS) is 12.7. The second kappa shape index (κ2) is 10.5. The first-order chi connectivity index (χ1) is 13.9. The summed E-state index contributed by atoms with van der Waals surface area (Å²) < 4.78 is 14.5. The van der Waals surface area contributed by atoms with Crippen LogP contribution in [0.4, 0.5) is 5.82 Å². The third-order valence-corrected chi connectivity index (χ3v) is 3.46. The number of carbonyl (C=O) groups excluding carboxylic acids is 3. The third kappa shape index (κ3) is 6.69. The van der Waals surface area contributed by atoms with Crippen LogP contribution in [0.2, 0.25) is 0 Å². The molecule has 1 N–H and O–H groups in total. The Morgan fingerprint density at radius 3 is 2.24 bits per heavy atom. The average molecular weight is 400 g/mol. The van der Waals surface area contributed by atoms with Gasteiger partial charge in [0.1, 0.15) is 0 Å². The molecule has 10 heteroatoms. The van der Waals surface area contributed by atoms with Gasteiger partial charge in [0, 0.05) is 19.4 Å². The lowest BCUT2D eigenvalue weighted by Crippen LogP contribution is -2.42. The largest absolute Gasteiger partial charge is 0.466 e. The summed E-state index contributed by atoms with van der Waals surface area (Å²) in [6.45, 7) is 2.25. The van der Waals surface area contributed by atoms with Crippen molar-refractivity contribution in [1.29, 1.82) is 0 Å². The summed E-state index contributed by atoms with van der Waals surface area (Å²) in [4.78, 5) is 34.5. The molecule has 0 aliphatic rings. The molecule has 0 saturated carbocycles. The van der Waals surface area contributed by atoms with Crippen LogP contribution in [0.15, 0.2) is 47.6 Å². The van der Waals surface area contributed by atoms with Crippen molar-refractivity contribution in [3.63, 3.8) is 0 Å². The Morgan fingerprint density at radius 2 is 1.69 bits per heavy atom. The van der Waals surface area contributed by atoms with Crippen LogP contribution < -0.4 is 5.43 Å². The zero-order chi connectivity index (χ0) is 21.2. The molecule has 29 heavy (non-hydrogen) atoms. The van der Waals surface area contributed by atoms with E-state index in [2.05, 4.69) is 25.5 Å². The topological polar surface area (TPSA) is 129 Å². The molecule has 0 radical (unpaired) electrons. The second-order valence-electron chi connectivity index (χ2n) is 5.69. The summed E-state index contributed by atoms with van der Waals surface area (Å²) in [5.41, 5.74) is 4.19. The number of aromatic nitrogens is 2. The van der Waals surface area contributed by atoms with Crippen molar-refractivity contribution in [1.82, 2.24) is 10.2 Å². The Balaban J connectivity index is 2.11. The standard InChI is InChI=1S/C19H20N4O6/c1-12(24)28-16(18(19(26)27-3)29-13(2)25)11-20-22-17-10-9-15(21-23-17)14-7-5-4-6-8-14/h4-11,16,18H,1-3H3,(H,22,23)/b20-11+/t16-,18-/m0/s1. The highest BCUT2D eigenvalue weighted by molar-refractivity contribution is 5.85. The van der Waals surface area contributed by atoms with Gasteiger partial charge in [-0.1, -0.05) is 30.3 Å². The van der Waals surface area contributed by atoms with Crippen LogP contribution in [0.3, 0.4) is 0 Å². The highest BCUT2D eigenvalue weighted by Crippen LogP contribution is 2.16. The lowest BCUT2D eigenvalue weighted by atomic mass is 10.1. The van der Waals surface area contributed by atoms with Crippen LogP contribution in [0.25, 0.3) is 11.3 Å². The third-order valence-electron chi connectivity index (χ3n) is 3.46. The lowest BCUT2D eigenvalue weighted by Gasteiger charge is -2.21. The monoisotopic (exact) mass is 400 g/mol. The smallest absolute Gasteiger partial charge is 0.351 e. The zero-order valence-corrected chi connectivity index (χ0v) is 16.1. The van der Waals surface area contributed by atoms with E-state index in [0.29, 0.717) is 11.5 Å². The number of nitrogens with zero attached hydrogens (tertiary/aromatic N) is 3. The van der Waals surface area contributed by atoms with Crippen molar-refractivity contribution < 1.29 is 28.6 Å². The van der Waals surface area contributed by atoms with Crippen LogP contribution in [0.5, 0.6) is 0 Å². The van der Waals surface area contributed by atoms with Crippen molar-refractivity contribution in [2.75, 3.05) is 12.5 Å². The fraction of sp³-hybridized carbons (Fsp3) is 0.263. The number of rotatable bonds is 8. The van der Waals surface area contributed by atoms with Gasteiger partial charge < -0.3 is 14.2 Å². The van der Waals surface area contributed by atoms with E-state index in [-0.39, 0.29) is 0 Å². The molecule has 1 aromatic carbocycles. The van der Waals surface area contributed by atoms with E-state index in [9.17, 15) is 14.4 Å². The maximum atomic E-state index is 11.9. The van der Waals surface area contributed by atoms with Crippen LogP contribution >= 0.6 is 0 Å². The van der Waals surface area contributed by atoms with E-state index in [4.69, 9.17) is 9.47 Å². The predicted octanol–water partition coefficient (Wildman–Crippen LogP) is 1.58. The van der Waals surface area contributed by atoms with E-state index in [0.717, 1.165) is 32.7 Å². The number of hydrazone groups is 1. The first-order valence-corrected chi connectivity index (χ1v) is 8.51. The Morgan fingerprint density at radius 1 is 1.00 bits per heavy atom. The van der Waals surface area contributed by atoms with Crippen molar-refractivity contribution in [2.45, 2.75) is 26.1 Å². The number of hydrogen-bond donors (Lipinski definition) is 1. The Bertz CT molecular complexity index is 870. The van der Waals surface area contributed by atoms with Crippen LogP contribution in [-0.2, 0) is 28.6 Å². The number of nitrogens with one attached hydrogen (secondary N) is 1. The molecule has 1 aromatic heterocycles. The van der Waals surface area contributed by atoms with Crippen LogP contribution in [-0.4, -0.2) is 53.6 Å². The van der Waals surface area contributed by atoms with Gasteiger partial charge in [-0.2, -0.15) is 5.10 Å². The molecule has 2 aromatic rings. The van der Waals surface area contributed by atoms with Gasteiger partial charge in [-0.3, -0.25) is 15.0 Å². The number of anilines is 1. The summed E-state index contributed by atoms with van der Waals surface area (Å²) in [5.74, 6) is -2.04. The molecular weight excluding hydrogens is 380 g/mol. The second-order valence-corrected chi connectivity index (χ2v) is 5.69. The van der Waals surface area contributed by atoms with Gasteiger partial charge in [0.2, 0.25) is 6.10 Å². The number of esters is 3. The first kappa shape index (κ1) is 21.5. The maximum Gasteiger partial charge on any atom is 0.351 e. The minimum absolute atomic E-state index is 0.310. The van der Waals surface area contributed by atoms with Gasteiger partial charge in [0.05, 0.1) is 19.0 Å². The van der Waals surface area contributed by atoms with Gasteiger partial charge >= 0.3 is 17.9 Å². The fourth-order valence-electron chi connectivity index (χ4n) is 2.24. The Kier molecular flexibility index (Phi) is 7.78. The van der Waals surface area contributed by atoms with E-state index >= 15 is 0 Å². The van der Waals surface area contributed by atoms with Crippen LogP contribution in [0.1, 0.15) is 13.8 Å². The van der Waals surface area contributed by atoms with Gasteiger partial charge in [-0.05, 0) is 12.1 Å². The molecule has 152 valence electrons. The van der Waals surface area contributed by atoms with Crippen molar-refractivity contribution in [3.05, 3.63) is 42.5 Å². The van der Waals surface area contributed by atoms with Gasteiger partial charge in [0.15, 0.2) is 11.9 Å². The highest BCUT2D eigenvalue weighted by atomic mass is 16.6. The molecule has 0 fully saturated rings. The Hall–Kier alpha value is -3.82. The number of carbonyl (C=O) groups is 3. The number of benzene rings is 1. The summed E-state index contributed by atoms with van der Waals surface area (Å²) >= 11 is 0. The molecule has 0 aliphatic carbocycles. The predicted molar refractivity (Wildman–Crippen MR) is 103 cm³/mol. The SMILES string of the molecule is COC(=O)[C@@H](OC(C)=O)[C@H](/C=N/Nc1ccc(-c2ccccc2)nn1)OC(C)=O. The molecule has 1 heterocycles. The molecule has 0 amide bonds. The molecule has 0 unspecified atom stereocenters. The maximum absolute atomic E-state index is 11.9. The summed E-state index contributed by atoms with van der Waals surface area (Å²) in [6.07, 6.45) is -1.70. The molecule has 0 spiro atoms. The molecule has 0 bridgehead atoms. The average Bonchev–Trinajstić information content (AvgIpc) is 2.71. The van der Waals surface area contributed by atoms with Crippen molar-refractivity contribution in [2.24, 2.45) is 5.10 Å². The number of methoxy groups -OCH3 is 1. The van der Waals surface area contributed by atoms with E-state index in [1.165, 1.54) is 0 Å². The van der Waals surface area contributed by atoms with Crippen molar-refractivity contribution in [3.8, 4) is 11.3 Å². The van der Waals surface area contributed by atoms with E-state index < -0.39 is 30.1 Å². The lowest BCUT2D eigenvalue weighted by molar-refractivity contribution is -0.174. The molecular formula is C19H20N4O6. The highest BCUT2D eigenvalue weighted by Gasteiger charge is 2.34. The molecule has 10 nitrogen and oxygen atoms in total. The number of ether oxygens (including phenoxy) is 3. The molecule has 2 atom stereocenters. The fourth-order valence-corrected chi connectivity index (χ4v) is 2.24. The van der Waals surface area contributed by atoms with E-state index in [1.54, 1.807) is 12.1 Å². The van der Waals surface area contributed by atoms with Crippen molar-refractivity contribution >= 4 is 29.9 Å². The van der Waals surface area contributed by atoms with Crippen LogP contribution in [0, 0.1) is 0 Å². The zero-order valence-electron chi connectivity index (χ0n) is 16.1. The Labute approximate surface area is 166 Å². The summed E-state index contributed by atoms with van der Waals surface area (Å²) in [6, 6.07) is 12.9. The number of hydrogen-bond acceptors (Lipinski definition) is 10. The van der Waals surface area contributed by atoms with Gasteiger partial charge in [-0.25, -0.2) is 4.79 Å². The minimum atomic E-state index is -1.50. The quantitative estimate of drug-likeness (QED) is 0.304. The van der Waals surface area contributed by atoms with Gasteiger partial charge in [0.25, 0.3) is 0 Å².